The summed E-state index contributed by atoms with van der Waals surface area (Å²) in [6.45, 7) is 6.11. The Bertz CT molecular complexity index is 737. The van der Waals surface area contributed by atoms with Crippen LogP contribution in [0.25, 0.3) is 0 Å². The van der Waals surface area contributed by atoms with Crippen LogP contribution in [0.3, 0.4) is 0 Å². The molecule has 9 heteroatoms. The van der Waals surface area contributed by atoms with Gasteiger partial charge in [-0.1, -0.05) is 6.92 Å². The highest BCUT2D eigenvalue weighted by Gasteiger charge is 2.29. The zero-order valence-corrected chi connectivity index (χ0v) is 18.7. The second kappa shape index (κ2) is 13.0. The van der Waals surface area contributed by atoms with Gasteiger partial charge in [0.2, 0.25) is 12.3 Å². The van der Waals surface area contributed by atoms with Crippen molar-refractivity contribution in [2.24, 2.45) is 0 Å². The van der Waals surface area contributed by atoms with Gasteiger partial charge in [0.05, 0.1) is 7.11 Å². The molecule has 1 aromatic rings. The Balaban J connectivity index is 0.000000423. The molecule has 2 aliphatic heterocycles. The van der Waals surface area contributed by atoms with E-state index in [4.69, 9.17) is 4.74 Å². The molecular weight excluding hydrogens is 398 g/mol. The van der Waals surface area contributed by atoms with Gasteiger partial charge in [-0.2, -0.15) is 0 Å². The lowest BCUT2D eigenvalue weighted by molar-refractivity contribution is -0.124. The summed E-state index contributed by atoms with van der Waals surface area (Å²) in [5, 5.41) is 12.3. The first kappa shape index (κ1) is 24.8. The molecule has 9 nitrogen and oxygen atoms in total. The van der Waals surface area contributed by atoms with Crippen molar-refractivity contribution in [3.8, 4) is 5.75 Å². The van der Waals surface area contributed by atoms with Crippen molar-refractivity contribution in [3.63, 3.8) is 0 Å². The quantitative estimate of drug-likeness (QED) is 0.413. The van der Waals surface area contributed by atoms with E-state index in [0.717, 1.165) is 36.5 Å². The van der Waals surface area contributed by atoms with Crippen LogP contribution in [-0.2, 0) is 16.1 Å². The number of methoxy groups -OCH3 is 1. The molecule has 1 aromatic carbocycles. The topological polar surface area (TPSA) is 112 Å². The summed E-state index contributed by atoms with van der Waals surface area (Å²) in [4.78, 5) is 34.0. The molecule has 1 fully saturated rings. The minimum absolute atomic E-state index is 0.120. The fourth-order valence-corrected chi connectivity index (χ4v) is 3.66. The molecule has 0 bridgehead atoms. The number of nitrogens with one attached hydrogen (secondary N) is 4. The third-order valence-electron chi connectivity index (χ3n) is 5.57. The molecular formula is C22H35N5O4. The van der Waals surface area contributed by atoms with Gasteiger partial charge in [0.25, 0.3) is 5.91 Å². The lowest BCUT2D eigenvalue weighted by Gasteiger charge is -2.28. The molecule has 0 spiro atoms. The predicted molar refractivity (Wildman–Crippen MR) is 119 cm³/mol. The van der Waals surface area contributed by atoms with Crippen molar-refractivity contribution in [2.45, 2.75) is 44.8 Å². The van der Waals surface area contributed by atoms with Crippen LogP contribution in [0, 0.1) is 0 Å². The van der Waals surface area contributed by atoms with Crippen molar-refractivity contribution < 1.29 is 19.1 Å². The first-order valence-electron chi connectivity index (χ1n) is 10.8. The Kier molecular flexibility index (Phi) is 10.4. The number of piperidine rings is 1. The number of amides is 3. The molecule has 0 aliphatic carbocycles. The van der Waals surface area contributed by atoms with Crippen LogP contribution in [0.4, 0.5) is 0 Å². The van der Waals surface area contributed by atoms with Crippen LogP contribution < -0.4 is 26.0 Å². The van der Waals surface area contributed by atoms with Gasteiger partial charge < -0.3 is 25.6 Å². The van der Waals surface area contributed by atoms with E-state index in [1.807, 2.05) is 35.5 Å². The summed E-state index contributed by atoms with van der Waals surface area (Å²) >= 11 is 0. The Hall–Kier alpha value is -2.49. The molecule has 1 saturated heterocycles. The number of hydrogen-bond acceptors (Lipinski definition) is 7. The summed E-state index contributed by atoms with van der Waals surface area (Å²) in [6.07, 6.45) is 3.08. The molecule has 2 heterocycles. The van der Waals surface area contributed by atoms with Crippen molar-refractivity contribution >= 4 is 18.2 Å². The Morgan fingerprint density at radius 2 is 2.10 bits per heavy atom. The molecule has 4 N–H and O–H groups in total. The van der Waals surface area contributed by atoms with Crippen LogP contribution in [-0.4, -0.2) is 75.5 Å². The summed E-state index contributed by atoms with van der Waals surface area (Å²) < 4.78 is 5.26. The summed E-state index contributed by atoms with van der Waals surface area (Å²) in [6, 6.07) is 6.53. The number of hydrogen-bond donors (Lipinski definition) is 4. The van der Waals surface area contributed by atoms with Gasteiger partial charge in [-0.3, -0.25) is 19.7 Å². The van der Waals surface area contributed by atoms with Gasteiger partial charge in [0.15, 0.2) is 0 Å². The zero-order valence-electron chi connectivity index (χ0n) is 18.7. The number of ether oxygens (including phenoxy) is 1. The van der Waals surface area contributed by atoms with E-state index in [0.29, 0.717) is 32.0 Å². The van der Waals surface area contributed by atoms with E-state index in [-0.39, 0.29) is 17.9 Å². The number of likely N-dealkylation sites (N-methyl/N-ethyl adjacent to an activating group) is 1. The fourth-order valence-electron chi connectivity index (χ4n) is 3.66. The summed E-state index contributed by atoms with van der Waals surface area (Å²) in [5.41, 5.74) is 1.86. The lowest BCUT2D eigenvalue weighted by Crippen LogP contribution is -2.49. The van der Waals surface area contributed by atoms with Gasteiger partial charge in [-0.05, 0) is 56.7 Å². The van der Waals surface area contributed by atoms with Crippen LogP contribution in [0.1, 0.15) is 42.1 Å². The highest BCUT2D eigenvalue weighted by Crippen LogP contribution is 2.26. The molecule has 1 unspecified atom stereocenters. The highest BCUT2D eigenvalue weighted by atomic mass is 16.5. The van der Waals surface area contributed by atoms with Crippen molar-refractivity contribution in [1.29, 1.82) is 0 Å². The predicted octanol–water partition coefficient (Wildman–Crippen LogP) is 0.250. The average molecular weight is 434 g/mol. The first-order valence-corrected chi connectivity index (χ1v) is 10.8. The maximum Gasteiger partial charge on any atom is 0.254 e. The van der Waals surface area contributed by atoms with Crippen LogP contribution >= 0.6 is 0 Å². The number of benzene rings is 1. The number of carbonyl (C=O) groups excluding carboxylic acids is 3. The highest BCUT2D eigenvalue weighted by molar-refractivity contribution is 5.98. The Morgan fingerprint density at radius 3 is 2.68 bits per heavy atom. The van der Waals surface area contributed by atoms with Gasteiger partial charge >= 0.3 is 0 Å². The maximum atomic E-state index is 12.6. The van der Waals surface area contributed by atoms with E-state index in [1.54, 1.807) is 14.0 Å². The van der Waals surface area contributed by atoms with E-state index in [1.165, 1.54) is 12.8 Å². The van der Waals surface area contributed by atoms with E-state index < -0.39 is 0 Å². The SMILES string of the molecule is CCC(=O)NC=O.CNC(CNC1CCNCC1)CN1Cc2cc(OC)ccc2C1=O. The van der Waals surface area contributed by atoms with Crippen molar-refractivity contribution in [2.75, 3.05) is 40.3 Å². The third kappa shape index (κ3) is 7.61. The van der Waals surface area contributed by atoms with E-state index in [2.05, 4.69) is 16.0 Å². The molecule has 0 saturated carbocycles. The molecule has 172 valence electrons. The summed E-state index contributed by atoms with van der Waals surface area (Å²) in [7, 11) is 3.62. The number of imide groups is 1. The maximum absolute atomic E-state index is 12.6. The molecule has 2 aliphatic rings. The Labute approximate surface area is 184 Å². The molecule has 0 aromatic heterocycles. The minimum atomic E-state index is -0.241. The number of fused-ring (bicyclic) bond motifs is 1. The monoisotopic (exact) mass is 433 g/mol. The van der Waals surface area contributed by atoms with Gasteiger partial charge in [0.1, 0.15) is 5.75 Å². The van der Waals surface area contributed by atoms with Gasteiger partial charge in [0, 0.05) is 43.7 Å². The first-order chi connectivity index (χ1) is 15.0. The minimum Gasteiger partial charge on any atom is -0.497 e. The van der Waals surface area contributed by atoms with E-state index >= 15 is 0 Å². The van der Waals surface area contributed by atoms with Crippen LogP contribution in [0.15, 0.2) is 18.2 Å². The molecule has 3 amide bonds. The van der Waals surface area contributed by atoms with E-state index in [9.17, 15) is 14.4 Å². The summed E-state index contributed by atoms with van der Waals surface area (Å²) in [5.74, 6) is 0.686. The molecule has 31 heavy (non-hydrogen) atoms. The number of rotatable bonds is 9. The largest absolute Gasteiger partial charge is 0.497 e. The standard InChI is InChI=1S/C18H28N4O2.C4H7NO2/c1-19-15(10-21-14-5-7-20-8-6-14)12-22-11-13-9-16(24-2)3-4-17(13)18(22)23;1-2-4(7)5-3-6/h3-4,9,14-15,19-21H,5-8,10-12H2,1-2H3;3H,2H2,1H3,(H,5,6,7). The number of carbonyl (C=O) groups is 3. The third-order valence-corrected chi connectivity index (χ3v) is 5.57. The second-order valence-corrected chi connectivity index (χ2v) is 7.67. The normalized spacial score (nSPS) is 16.7. The van der Waals surface area contributed by atoms with Gasteiger partial charge in [-0.15, -0.1) is 0 Å². The zero-order chi connectivity index (χ0) is 22.6. The van der Waals surface area contributed by atoms with Crippen LogP contribution in [0.5, 0.6) is 5.75 Å². The lowest BCUT2D eigenvalue weighted by atomic mass is 10.1. The molecule has 3 rings (SSSR count). The molecule has 0 radical (unpaired) electrons. The molecule has 1 atom stereocenters. The number of nitrogens with zero attached hydrogens (tertiary/aromatic N) is 1. The average Bonchev–Trinajstić information content (AvgIpc) is 3.12. The Morgan fingerprint density at radius 1 is 1.35 bits per heavy atom. The van der Waals surface area contributed by atoms with Crippen molar-refractivity contribution in [1.82, 2.24) is 26.2 Å². The smallest absolute Gasteiger partial charge is 0.254 e. The van der Waals surface area contributed by atoms with Crippen molar-refractivity contribution in [3.05, 3.63) is 29.3 Å². The fraction of sp³-hybridized carbons (Fsp3) is 0.591. The van der Waals surface area contributed by atoms with Crippen LogP contribution in [0.2, 0.25) is 0 Å². The van der Waals surface area contributed by atoms with Gasteiger partial charge in [-0.25, -0.2) is 0 Å². The second-order valence-electron chi connectivity index (χ2n) is 7.67.